The number of aromatic amines is 1. The Balaban J connectivity index is 2.32. The summed E-state index contributed by atoms with van der Waals surface area (Å²) in [7, 11) is -4.53. The Morgan fingerprint density at radius 3 is 2.68 bits per heavy atom. The monoisotopic (exact) mass is 357 g/mol. The van der Waals surface area contributed by atoms with Gasteiger partial charge in [0.1, 0.15) is 0 Å². The van der Waals surface area contributed by atoms with Crippen LogP contribution in [0, 0.1) is 0 Å². The topological polar surface area (TPSA) is 74.8 Å². The second-order valence-corrected chi connectivity index (χ2v) is 6.38. The molecule has 2 N–H and O–H groups in total. The molecule has 0 radical (unpaired) electrons. The van der Waals surface area contributed by atoms with Gasteiger partial charge in [0, 0.05) is 9.86 Å². The van der Waals surface area contributed by atoms with Crippen LogP contribution in [-0.2, 0) is 10.0 Å². The summed E-state index contributed by atoms with van der Waals surface area (Å²) in [6.07, 6.45) is -4.80. The van der Waals surface area contributed by atoms with E-state index >= 15 is 0 Å². The van der Waals surface area contributed by atoms with Crippen molar-refractivity contribution in [3.63, 3.8) is 0 Å². The molecule has 104 valence electrons. The SMILES string of the molecule is O=S(=O)(CC(F)(F)F)Nc1n[nH]c2cc(Br)ccc12. The van der Waals surface area contributed by atoms with Crippen molar-refractivity contribution in [3.05, 3.63) is 22.7 Å². The molecule has 10 heteroatoms. The number of alkyl halides is 3. The maximum absolute atomic E-state index is 12.1. The van der Waals surface area contributed by atoms with Gasteiger partial charge in [0.15, 0.2) is 11.6 Å². The second kappa shape index (κ2) is 4.67. The summed E-state index contributed by atoms with van der Waals surface area (Å²) in [5.74, 6) is -2.11. The van der Waals surface area contributed by atoms with E-state index in [0.717, 1.165) is 4.47 Å². The fourth-order valence-corrected chi connectivity index (χ4v) is 2.78. The molecule has 0 fully saturated rings. The first-order chi connectivity index (χ1) is 8.66. The number of sulfonamides is 1. The molecule has 1 heterocycles. The first-order valence-electron chi connectivity index (χ1n) is 4.87. The van der Waals surface area contributed by atoms with Crippen LogP contribution in [0.2, 0.25) is 0 Å². The van der Waals surface area contributed by atoms with Gasteiger partial charge in [-0.3, -0.25) is 9.82 Å². The quantitative estimate of drug-likeness (QED) is 0.886. The van der Waals surface area contributed by atoms with Gasteiger partial charge < -0.3 is 0 Å². The number of H-pyrrole nitrogens is 1. The van der Waals surface area contributed by atoms with E-state index in [9.17, 15) is 21.6 Å². The third kappa shape index (κ3) is 3.60. The third-order valence-corrected chi connectivity index (χ3v) is 3.84. The zero-order chi connectivity index (χ0) is 14.3. The lowest BCUT2D eigenvalue weighted by atomic mass is 10.2. The van der Waals surface area contributed by atoms with Crippen LogP contribution in [0.4, 0.5) is 19.0 Å². The summed E-state index contributed by atoms with van der Waals surface area (Å²) in [4.78, 5) is 0. The Kier molecular flexibility index (Phi) is 3.47. The molecule has 0 saturated carbocycles. The van der Waals surface area contributed by atoms with Crippen LogP contribution in [0.3, 0.4) is 0 Å². The van der Waals surface area contributed by atoms with Gasteiger partial charge in [-0.1, -0.05) is 15.9 Å². The molecular formula is C9H7BrF3N3O2S. The number of anilines is 1. The van der Waals surface area contributed by atoms with E-state index < -0.39 is 22.0 Å². The van der Waals surface area contributed by atoms with Crippen molar-refractivity contribution >= 4 is 42.7 Å². The second-order valence-electron chi connectivity index (χ2n) is 3.74. The summed E-state index contributed by atoms with van der Waals surface area (Å²) in [5, 5.41) is 6.56. The van der Waals surface area contributed by atoms with Crippen LogP contribution in [0.5, 0.6) is 0 Å². The van der Waals surface area contributed by atoms with Crippen LogP contribution in [0.1, 0.15) is 0 Å². The highest BCUT2D eigenvalue weighted by molar-refractivity contribution is 9.10. The minimum absolute atomic E-state index is 0.160. The zero-order valence-electron chi connectivity index (χ0n) is 9.12. The summed E-state index contributed by atoms with van der Waals surface area (Å²) in [5.41, 5.74) is 0.499. The number of fused-ring (bicyclic) bond motifs is 1. The largest absolute Gasteiger partial charge is 0.404 e. The molecule has 0 aliphatic rings. The van der Waals surface area contributed by atoms with Gasteiger partial charge >= 0.3 is 6.18 Å². The molecule has 5 nitrogen and oxygen atoms in total. The minimum atomic E-state index is -4.80. The predicted molar refractivity (Wildman–Crippen MR) is 67.3 cm³/mol. The number of hydrogen-bond donors (Lipinski definition) is 2. The van der Waals surface area contributed by atoms with Crippen LogP contribution in [0.15, 0.2) is 22.7 Å². The average Bonchev–Trinajstić information content (AvgIpc) is 2.56. The van der Waals surface area contributed by atoms with Gasteiger partial charge in [-0.05, 0) is 18.2 Å². The van der Waals surface area contributed by atoms with E-state index in [-0.39, 0.29) is 5.82 Å². The fourth-order valence-electron chi connectivity index (χ4n) is 1.47. The maximum Gasteiger partial charge on any atom is 0.404 e. The molecule has 0 aliphatic heterocycles. The molecule has 1 aromatic carbocycles. The molecule has 0 amide bonds. The number of halogens is 4. The Morgan fingerprint density at radius 2 is 2.05 bits per heavy atom. The summed E-state index contributed by atoms with van der Waals surface area (Å²) >= 11 is 3.21. The lowest BCUT2D eigenvalue weighted by molar-refractivity contribution is -0.106. The molecule has 0 saturated heterocycles. The maximum atomic E-state index is 12.1. The van der Waals surface area contributed by atoms with Crippen molar-refractivity contribution in [3.8, 4) is 0 Å². The Morgan fingerprint density at radius 1 is 1.37 bits per heavy atom. The van der Waals surface area contributed by atoms with Gasteiger partial charge in [-0.2, -0.15) is 18.3 Å². The molecule has 0 spiro atoms. The first kappa shape index (κ1) is 14.1. The molecule has 0 bridgehead atoms. The Hall–Kier alpha value is -1.29. The number of hydrogen-bond acceptors (Lipinski definition) is 3. The van der Waals surface area contributed by atoms with Crippen molar-refractivity contribution in [2.75, 3.05) is 10.5 Å². The van der Waals surface area contributed by atoms with Crippen molar-refractivity contribution in [2.45, 2.75) is 6.18 Å². The van der Waals surface area contributed by atoms with E-state index in [4.69, 9.17) is 0 Å². The Bertz CT molecular complexity index is 711. The molecule has 2 aromatic rings. The Labute approximate surface area is 114 Å². The number of benzene rings is 1. The van der Waals surface area contributed by atoms with Crippen molar-refractivity contribution in [1.29, 1.82) is 0 Å². The number of nitrogens with zero attached hydrogens (tertiary/aromatic N) is 1. The summed E-state index contributed by atoms with van der Waals surface area (Å²) < 4.78 is 61.5. The van der Waals surface area contributed by atoms with Crippen LogP contribution < -0.4 is 4.72 Å². The van der Waals surface area contributed by atoms with Crippen molar-refractivity contribution < 1.29 is 21.6 Å². The lowest BCUT2D eigenvalue weighted by Crippen LogP contribution is -2.28. The minimum Gasteiger partial charge on any atom is -0.276 e. The van der Waals surface area contributed by atoms with E-state index in [1.165, 1.54) is 6.07 Å². The predicted octanol–water partition coefficient (Wildman–Crippen LogP) is 2.63. The van der Waals surface area contributed by atoms with Crippen molar-refractivity contribution in [2.24, 2.45) is 0 Å². The highest BCUT2D eigenvalue weighted by atomic mass is 79.9. The summed E-state index contributed by atoms with van der Waals surface area (Å²) in [6, 6.07) is 4.79. The van der Waals surface area contributed by atoms with Gasteiger partial charge in [-0.25, -0.2) is 8.42 Å². The van der Waals surface area contributed by atoms with Gasteiger partial charge in [0.2, 0.25) is 10.0 Å². The average molecular weight is 358 g/mol. The van der Waals surface area contributed by atoms with E-state index in [1.54, 1.807) is 12.1 Å². The van der Waals surface area contributed by atoms with Crippen LogP contribution in [-0.4, -0.2) is 30.5 Å². The fraction of sp³-hybridized carbons (Fsp3) is 0.222. The molecule has 0 aliphatic carbocycles. The highest BCUT2D eigenvalue weighted by Gasteiger charge is 2.35. The van der Waals surface area contributed by atoms with Gasteiger partial charge in [0.05, 0.1) is 5.52 Å². The smallest absolute Gasteiger partial charge is 0.276 e. The number of rotatable bonds is 3. The molecule has 2 rings (SSSR count). The van der Waals surface area contributed by atoms with E-state index in [0.29, 0.717) is 10.9 Å². The van der Waals surface area contributed by atoms with Crippen LogP contribution in [0.25, 0.3) is 10.9 Å². The molecule has 1 aromatic heterocycles. The summed E-state index contributed by atoms with van der Waals surface area (Å²) in [6.45, 7) is 0. The number of nitrogens with one attached hydrogen (secondary N) is 2. The van der Waals surface area contributed by atoms with Crippen molar-refractivity contribution in [1.82, 2.24) is 10.2 Å². The number of aromatic nitrogens is 2. The zero-order valence-corrected chi connectivity index (χ0v) is 11.5. The third-order valence-electron chi connectivity index (χ3n) is 2.13. The highest BCUT2D eigenvalue weighted by Crippen LogP contribution is 2.25. The lowest BCUT2D eigenvalue weighted by Gasteiger charge is -2.08. The first-order valence-corrected chi connectivity index (χ1v) is 7.32. The molecular weight excluding hydrogens is 351 g/mol. The van der Waals surface area contributed by atoms with Crippen LogP contribution >= 0.6 is 15.9 Å². The standard InChI is InChI=1S/C9H7BrF3N3O2S/c10-5-1-2-6-7(3-5)14-15-8(6)16-19(17,18)4-9(11,12)13/h1-3H,4H2,(H2,14,15,16). The van der Waals surface area contributed by atoms with Gasteiger partial charge in [-0.15, -0.1) is 0 Å². The molecule has 0 atom stereocenters. The van der Waals surface area contributed by atoms with Gasteiger partial charge in [0.25, 0.3) is 0 Å². The van der Waals surface area contributed by atoms with E-state index in [1.807, 2.05) is 4.72 Å². The molecule has 0 unspecified atom stereocenters. The normalized spacial score (nSPS) is 12.8. The molecule has 19 heavy (non-hydrogen) atoms. The van der Waals surface area contributed by atoms with E-state index in [2.05, 4.69) is 26.1 Å².